The molecular weight excluding hydrogens is 301 g/mol. The lowest BCUT2D eigenvalue weighted by molar-refractivity contribution is 0.467. The number of nitrogen functional groups attached to an aromatic ring is 1. The van der Waals surface area contributed by atoms with Crippen molar-refractivity contribution in [1.82, 2.24) is 19.5 Å². The molecule has 2 N–H and O–H groups in total. The Hall–Kier alpha value is -2.05. The van der Waals surface area contributed by atoms with Crippen LogP contribution in [0, 0.1) is 0 Å². The third-order valence-corrected chi connectivity index (χ3v) is 3.24. The molecule has 0 atom stereocenters. The molecule has 2 heterocycles. The van der Waals surface area contributed by atoms with E-state index in [0.717, 1.165) is 0 Å². The van der Waals surface area contributed by atoms with E-state index >= 15 is 0 Å². The Kier molecular flexibility index (Phi) is 3.11. The van der Waals surface area contributed by atoms with Gasteiger partial charge in [-0.25, -0.2) is 9.97 Å². The van der Waals surface area contributed by atoms with Crippen molar-refractivity contribution in [3.8, 4) is 11.6 Å². The van der Waals surface area contributed by atoms with E-state index in [1.165, 1.54) is 6.33 Å². The summed E-state index contributed by atoms with van der Waals surface area (Å²) in [5.41, 5.74) is 7.28. The van der Waals surface area contributed by atoms with Gasteiger partial charge in [-0.3, -0.25) is 0 Å². The maximum absolute atomic E-state index is 6.08. The Bertz CT molecular complexity index is 779. The van der Waals surface area contributed by atoms with Gasteiger partial charge in [-0.2, -0.15) is 4.98 Å². The first-order chi connectivity index (χ1) is 9.56. The highest BCUT2D eigenvalue weighted by Crippen LogP contribution is 2.38. The fourth-order valence-electron chi connectivity index (χ4n) is 1.77. The Morgan fingerprint density at radius 2 is 1.85 bits per heavy atom. The Balaban J connectivity index is 2.10. The highest BCUT2D eigenvalue weighted by atomic mass is 35.5. The van der Waals surface area contributed by atoms with Crippen molar-refractivity contribution in [2.45, 2.75) is 0 Å². The molecule has 2 aromatic heterocycles. The minimum Gasteiger partial charge on any atom is -0.434 e. The monoisotopic (exact) mass is 309 g/mol. The van der Waals surface area contributed by atoms with Crippen LogP contribution < -0.4 is 10.5 Å². The van der Waals surface area contributed by atoms with Crippen LogP contribution in [0.25, 0.3) is 11.2 Å². The number of nitrogens with two attached hydrogens (primary N) is 1. The summed E-state index contributed by atoms with van der Waals surface area (Å²) in [5.74, 6) is 0.567. The van der Waals surface area contributed by atoms with Gasteiger partial charge in [0.15, 0.2) is 16.9 Å². The van der Waals surface area contributed by atoms with Gasteiger partial charge in [0.1, 0.15) is 6.33 Å². The topological polar surface area (TPSA) is 78.9 Å². The van der Waals surface area contributed by atoms with Gasteiger partial charge in [0.2, 0.25) is 0 Å². The van der Waals surface area contributed by atoms with Gasteiger partial charge in [0.25, 0.3) is 5.88 Å². The smallest absolute Gasteiger partial charge is 0.251 e. The third-order valence-electron chi connectivity index (χ3n) is 2.68. The SMILES string of the molecule is Cn1cnc2c(Oc3c(Cl)cc(N)cc3Cl)ncnc21. The van der Waals surface area contributed by atoms with Crippen LogP contribution in [-0.2, 0) is 7.05 Å². The van der Waals surface area contributed by atoms with Gasteiger partial charge in [-0.1, -0.05) is 23.2 Å². The minimum atomic E-state index is 0.282. The summed E-state index contributed by atoms with van der Waals surface area (Å²) in [5, 5.41) is 0.607. The number of benzene rings is 1. The second-order valence-electron chi connectivity index (χ2n) is 4.12. The largest absolute Gasteiger partial charge is 0.434 e. The second kappa shape index (κ2) is 4.81. The molecule has 3 aromatic rings. The van der Waals surface area contributed by atoms with E-state index < -0.39 is 0 Å². The molecule has 20 heavy (non-hydrogen) atoms. The van der Waals surface area contributed by atoms with Gasteiger partial charge in [-0.05, 0) is 12.1 Å². The van der Waals surface area contributed by atoms with E-state index in [1.807, 2.05) is 7.05 Å². The molecular formula is C12H9Cl2N5O. The van der Waals surface area contributed by atoms with Crippen molar-refractivity contribution in [1.29, 1.82) is 0 Å². The highest BCUT2D eigenvalue weighted by Gasteiger charge is 2.15. The van der Waals surface area contributed by atoms with Crippen LogP contribution in [0.5, 0.6) is 11.6 Å². The fraction of sp³-hybridized carbons (Fsp3) is 0.0833. The molecule has 0 aliphatic heterocycles. The number of hydrogen-bond donors (Lipinski definition) is 1. The molecule has 0 amide bonds. The van der Waals surface area contributed by atoms with Gasteiger partial charge >= 0.3 is 0 Å². The first-order valence-corrected chi connectivity index (χ1v) is 6.36. The van der Waals surface area contributed by atoms with Crippen LogP contribution in [0.3, 0.4) is 0 Å². The number of ether oxygens (including phenoxy) is 1. The highest BCUT2D eigenvalue weighted by molar-refractivity contribution is 6.37. The average molecular weight is 310 g/mol. The first-order valence-electron chi connectivity index (χ1n) is 5.60. The van der Waals surface area contributed by atoms with E-state index in [2.05, 4.69) is 15.0 Å². The molecule has 8 heteroatoms. The zero-order chi connectivity index (χ0) is 14.3. The maximum atomic E-state index is 6.08. The van der Waals surface area contributed by atoms with Crippen molar-refractivity contribution >= 4 is 40.1 Å². The van der Waals surface area contributed by atoms with Crippen LogP contribution >= 0.6 is 23.2 Å². The summed E-state index contributed by atoms with van der Waals surface area (Å²) in [6.45, 7) is 0. The summed E-state index contributed by atoms with van der Waals surface area (Å²) < 4.78 is 7.44. The molecule has 0 radical (unpaired) electrons. The van der Waals surface area contributed by atoms with Crippen molar-refractivity contribution < 1.29 is 4.74 Å². The van der Waals surface area contributed by atoms with Gasteiger partial charge < -0.3 is 15.0 Å². The zero-order valence-corrected chi connectivity index (χ0v) is 11.9. The number of nitrogens with zero attached hydrogens (tertiary/aromatic N) is 4. The number of anilines is 1. The van der Waals surface area contributed by atoms with Gasteiger partial charge in [-0.15, -0.1) is 0 Å². The summed E-state index contributed by atoms with van der Waals surface area (Å²) in [4.78, 5) is 12.4. The molecule has 1 aromatic carbocycles. The number of aromatic nitrogens is 4. The quantitative estimate of drug-likeness (QED) is 0.736. The normalized spacial score (nSPS) is 10.9. The van der Waals surface area contributed by atoms with E-state index in [-0.39, 0.29) is 11.6 Å². The van der Waals surface area contributed by atoms with Crippen LogP contribution in [0.2, 0.25) is 10.0 Å². The van der Waals surface area contributed by atoms with Crippen LogP contribution in [0.4, 0.5) is 5.69 Å². The predicted molar refractivity (Wildman–Crippen MR) is 77.3 cm³/mol. The first kappa shape index (κ1) is 13.0. The lowest BCUT2D eigenvalue weighted by Gasteiger charge is -2.09. The molecule has 0 unspecified atom stereocenters. The molecule has 0 saturated carbocycles. The number of imidazole rings is 1. The number of rotatable bonds is 2. The minimum absolute atomic E-state index is 0.282. The summed E-state index contributed by atoms with van der Waals surface area (Å²) in [6, 6.07) is 3.11. The summed E-state index contributed by atoms with van der Waals surface area (Å²) >= 11 is 12.2. The standard InChI is InChI=1S/C12H9Cl2N5O/c1-19-5-18-9-11(19)16-4-17-12(9)20-10-7(13)2-6(15)3-8(10)14/h2-5H,15H2,1H3. The lowest BCUT2D eigenvalue weighted by Crippen LogP contribution is -1.95. The molecule has 0 aliphatic carbocycles. The van der Waals surface area contributed by atoms with Crippen LogP contribution in [0.1, 0.15) is 0 Å². The Morgan fingerprint density at radius 1 is 1.15 bits per heavy atom. The number of aryl methyl sites for hydroxylation is 1. The average Bonchev–Trinajstić information content (AvgIpc) is 2.77. The molecule has 3 rings (SSSR count). The van der Waals surface area contributed by atoms with E-state index in [0.29, 0.717) is 26.9 Å². The van der Waals surface area contributed by atoms with Gasteiger partial charge in [0.05, 0.1) is 16.4 Å². The third kappa shape index (κ3) is 2.13. The fourth-order valence-corrected chi connectivity index (χ4v) is 2.35. The maximum Gasteiger partial charge on any atom is 0.251 e. The number of halogens is 2. The van der Waals surface area contributed by atoms with Crippen molar-refractivity contribution in [2.75, 3.05) is 5.73 Å². The zero-order valence-electron chi connectivity index (χ0n) is 10.3. The van der Waals surface area contributed by atoms with Gasteiger partial charge in [0, 0.05) is 12.7 Å². The van der Waals surface area contributed by atoms with Crippen molar-refractivity contribution in [3.63, 3.8) is 0 Å². The number of hydrogen-bond acceptors (Lipinski definition) is 5. The molecule has 6 nitrogen and oxygen atoms in total. The van der Waals surface area contributed by atoms with Crippen LogP contribution in [-0.4, -0.2) is 19.5 Å². The molecule has 0 fully saturated rings. The van der Waals surface area contributed by atoms with E-state index in [1.54, 1.807) is 23.0 Å². The summed E-state index contributed by atoms with van der Waals surface area (Å²) in [7, 11) is 1.83. The predicted octanol–water partition coefficient (Wildman–Crippen LogP) is 3.04. The second-order valence-corrected chi connectivity index (χ2v) is 4.94. The Labute approximate surface area is 124 Å². The van der Waals surface area contributed by atoms with Crippen molar-refractivity contribution in [3.05, 3.63) is 34.8 Å². The molecule has 0 aliphatic rings. The van der Waals surface area contributed by atoms with Crippen molar-refractivity contribution in [2.24, 2.45) is 7.05 Å². The summed E-state index contributed by atoms with van der Waals surface area (Å²) in [6.07, 6.45) is 3.01. The Morgan fingerprint density at radius 3 is 2.55 bits per heavy atom. The van der Waals surface area contributed by atoms with E-state index in [9.17, 15) is 0 Å². The molecule has 0 bridgehead atoms. The molecule has 0 saturated heterocycles. The number of fused-ring (bicyclic) bond motifs is 1. The molecule has 0 spiro atoms. The molecule has 102 valence electrons. The van der Waals surface area contributed by atoms with Crippen LogP contribution in [0.15, 0.2) is 24.8 Å². The lowest BCUT2D eigenvalue weighted by atomic mass is 10.3. The van der Waals surface area contributed by atoms with E-state index in [4.69, 9.17) is 33.7 Å².